The molecule has 1 aromatic carbocycles. The second-order valence-electron chi connectivity index (χ2n) is 2.18. The zero-order valence-electron chi connectivity index (χ0n) is 6.23. The Morgan fingerprint density at radius 3 is 2.08 bits per heavy atom. The minimum Gasteiger partial charge on any atom is -0.435 e. The molecule has 0 saturated heterocycles. The summed E-state index contributed by atoms with van der Waals surface area (Å²) >= 11 is 11.1. The van der Waals surface area contributed by atoms with Crippen LogP contribution in [0.15, 0.2) is 12.1 Å². The van der Waals surface area contributed by atoms with Crippen molar-refractivity contribution in [3.8, 4) is 5.75 Å². The Kier molecular flexibility index (Phi) is 3.17. The van der Waals surface area contributed by atoms with Gasteiger partial charge < -0.3 is 10.5 Å². The van der Waals surface area contributed by atoms with Gasteiger partial charge in [-0.05, 0) is 0 Å². The lowest BCUT2D eigenvalue weighted by Crippen LogP contribution is -2.02. The number of alkyl halides is 2. The van der Waals surface area contributed by atoms with Crippen molar-refractivity contribution in [1.82, 2.24) is 0 Å². The van der Waals surface area contributed by atoms with Gasteiger partial charge >= 0.3 is 6.61 Å². The Morgan fingerprint density at radius 2 is 1.69 bits per heavy atom. The van der Waals surface area contributed by atoms with Gasteiger partial charge in [0.1, 0.15) is 5.75 Å². The average molecular weight is 228 g/mol. The SMILES string of the molecule is Nc1c(Cl)cc(OC(F)F)cc1Cl. The third-order valence-electron chi connectivity index (χ3n) is 1.28. The van der Waals surface area contributed by atoms with Crippen LogP contribution in [-0.2, 0) is 0 Å². The quantitative estimate of drug-likeness (QED) is 0.789. The first-order valence-corrected chi connectivity index (χ1v) is 3.95. The molecule has 6 heteroatoms. The van der Waals surface area contributed by atoms with E-state index in [1.54, 1.807) is 0 Å². The molecular formula is C7H5Cl2F2NO. The van der Waals surface area contributed by atoms with Gasteiger partial charge in [0.25, 0.3) is 0 Å². The van der Waals surface area contributed by atoms with Crippen molar-refractivity contribution in [2.75, 3.05) is 5.73 Å². The van der Waals surface area contributed by atoms with E-state index in [0.29, 0.717) is 0 Å². The lowest BCUT2D eigenvalue weighted by atomic mass is 10.3. The van der Waals surface area contributed by atoms with Gasteiger partial charge in [-0.15, -0.1) is 0 Å². The molecule has 0 bridgehead atoms. The van der Waals surface area contributed by atoms with Gasteiger partial charge in [0.05, 0.1) is 15.7 Å². The predicted octanol–water partition coefficient (Wildman–Crippen LogP) is 3.18. The van der Waals surface area contributed by atoms with E-state index in [1.165, 1.54) is 12.1 Å². The minimum absolute atomic E-state index is 0.0863. The van der Waals surface area contributed by atoms with Crippen LogP contribution in [-0.4, -0.2) is 6.61 Å². The zero-order chi connectivity index (χ0) is 10.0. The number of halogens is 4. The van der Waals surface area contributed by atoms with E-state index in [-0.39, 0.29) is 21.5 Å². The fraction of sp³-hybridized carbons (Fsp3) is 0.143. The Morgan fingerprint density at radius 1 is 1.23 bits per heavy atom. The molecule has 0 heterocycles. The number of nitrogen functional groups attached to an aromatic ring is 1. The summed E-state index contributed by atoms with van der Waals surface area (Å²) in [6.07, 6.45) is 0. The van der Waals surface area contributed by atoms with Gasteiger partial charge in [0, 0.05) is 12.1 Å². The maximum atomic E-state index is 11.7. The topological polar surface area (TPSA) is 35.2 Å². The third kappa shape index (κ3) is 2.60. The van der Waals surface area contributed by atoms with Crippen LogP contribution in [0.25, 0.3) is 0 Å². The molecule has 1 rings (SSSR count). The summed E-state index contributed by atoms with van der Waals surface area (Å²) in [5.41, 5.74) is 5.52. The van der Waals surface area contributed by atoms with Crippen LogP contribution in [0.4, 0.5) is 14.5 Å². The summed E-state index contributed by atoms with van der Waals surface area (Å²) in [4.78, 5) is 0. The highest BCUT2D eigenvalue weighted by Crippen LogP contribution is 2.32. The predicted molar refractivity (Wildman–Crippen MR) is 47.5 cm³/mol. The summed E-state index contributed by atoms with van der Waals surface area (Å²) < 4.78 is 27.6. The number of benzene rings is 1. The van der Waals surface area contributed by atoms with E-state index in [9.17, 15) is 8.78 Å². The van der Waals surface area contributed by atoms with Crippen LogP contribution in [0.3, 0.4) is 0 Å². The van der Waals surface area contributed by atoms with Gasteiger partial charge in [-0.25, -0.2) is 0 Å². The molecule has 0 aliphatic rings. The molecule has 0 aromatic heterocycles. The first-order chi connectivity index (χ1) is 6.00. The Balaban J connectivity index is 2.99. The van der Waals surface area contributed by atoms with Crippen molar-refractivity contribution >= 4 is 28.9 Å². The molecule has 0 fully saturated rings. The molecule has 2 N–H and O–H groups in total. The maximum absolute atomic E-state index is 11.7. The monoisotopic (exact) mass is 227 g/mol. The third-order valence-corrected chi connectivity index (χ3v) is 1.90. The van der Waals surface area contributed by atoms with E-state index in [1.807, 2.05) is 0 Å². The van der Waals surface area contributed by atoms with Crippen LogP contribution in [0.1, 0.15) is 0 Å². The van der Waals surface area contributed by atoms with E-state index >= 15 is 0 Å². The molecule has 0 aliphatic heterocycles. The highest BCUT2D eigenvalue weighted by Gasteiger charge is 2.09. The molecule has 0 saturated carbocycles. The van der Waals surface area contributed by atoms with Crippen molar-refractivity contribution in [3.63, 3.8) is 0 Å². The summed E-state index contributed by atoms with van der Waals surface area (Å²) in [5, 5.41) is 0.173. The number of rotatable bonds is 2. The number of ether oxygens (including phenoxy) is 1. The summed E-state index contributed by atoms with van der Waals surface area (Å²) in [6, 6.07) is 2.35. The Hall–Kier alpha value is -0.740. The summed E-state index contributed by atoms with van der Waals surface area (Å²) in [7, 11) is 0. The van der Waals surface area contributed by atoms with Crippen LogP contribution >= 0.6 is 23.2 Å². The average Bonchev–Trinajstić information content (AvgIpc) is 1.98. The first-order valence-electron chi connectivity index (χ1n) is 3.20. The first kappa shape index (κ1) is 10.3. The summed E-state index contributed by atoms with van der Waals surface area (Å²) in [6.45, 7) is -2.91. The van der Waals surface area contributed by atoms with Gasteiger partial charge in [-0.1, -0.05) is 23.2 Å². The molecule has 0 amide bonds. The van der Waals surface area contributed by atoms with Crippen molar-refractivity contribution in [2.45, 2.75) is 6.61 Å². The molecular weight excluding hydrogens is 223 g/mol. The normalized spacial score (nSPS) is 10.5. The van der Waals surface area contributed by atoms with E-state index < -0.39 is 6.61 Å². The molecule has 2 nitrogen and oxygen atoms in total. The number of hydrogen-bond acceptors (Lipinski definition) is 2. The highest BCUT2D eigenvalue weighted by atomic mass is 35.5. The largest absolute Gasteiger partial charge is 0.435 e. The fourth-order valence-corrected chi connectivity index (χ4v) is 1.20. The highest BCUT2D eigenvalue weighted by molar-refractivity contribution is 6.39. The van der Waals surface area contributed by atoms with Crippen LogP contribution in [0.2, 0.25) is 10.0 Å². The van der Waals surface area contributed by atoms with Gasteiger partial charge in [-0.3, -0.25) is 0 Å². The fourth-order valence-electron chi connectivity index (χ4n) is 0.732. The molecule has 0 atom stereocenters. The van der Waals surface area contributed by atoms with Gasteiger partial charge in [-0.2, -0.15) is 8.78 Å². The van der Waals surface area contributed by atoms with Gasteiger partial charge in [0.15, 0.2) is 0 Å². The second kappa shape index (κ2) is 3.98. The van der Waals surface area contributed by atoms with Crippen LogP contribution in [0, 0.1) is 0 Å². The molecule has 72 valence electrons. The van der Waals surface area contributed by atoms with Crippen molar-refractivity contribution in [3.05, 3.63) is 22.2 Å². The Bertz CT molecular complexity index is 296. The zero-order valence-corrected chi connectivity index (χ0v) is 7.74. The van der Waals surface area contributed by atoms with Crippen molar-refractivity contribution < 1.29 is 13.5 Å². The standard InChI is InChI=1S/C7H5Cl2F2NO/c8-4-1-3(13-7(10)11)2-5(9)6(4)12/h1-2,7H,12H2. The van der Waals surface area contributed by atoms with Crippen molar-refractivity contribution in [1.29, 1.82) is 0 Å². The molecule has 0 aliphatic carbocycles. The van der Waals surface area contributed by atoms with Crippen LogP contribution < -0.4 is 10.5 Å². The Labute approximate surface area is 83.2 Å². The molecule has 0 radical (unpaired) electrons. The van der Waals surface area contributed by atoms with E-state index in [0.717, 1.165) is 0 Å². The lowest BCUT2D eigenvalue weighted by molar-refractivity contribution is -0.0498. The van der Waals surface area contributed by atoms with E-state index in [2.05, 4.69) is 4.74 Å². The molecule has 0 unspecified atom stereocenters. The van der Waals surface area contributed by atoms with Crippen LogP contribution in [0.5, 0.6) is 5.75 Å². The van der Waals surface area contributed by atoms with E-state index in [4.69, 9.17) is 28.9 Å². The number of hydrogen-bond donors (Lipinski definition) is 1. The van der Waals surface area contributed by atoms with Crippen molar-refractivity contribution in [2.24, 2.45) is 0 Å². The maximum Gasteiger partial charge on any atom is 0.387 e. The molecule has 0 spiro atoms. The second-order valence-corrected chi connectivity index (χ2v) is 2.99. The lowest BCUT2D eigenvalue weighted by Gasteiger charge is -2.07. The molecule has 13 heavy (non-hydrogen) atoms. The number of nitrogens with two attached hydrogens (primary N) is 1. The smallest absolute Gasteiger partial charge is 0.387 e. The molecule has 1 aromatic rings. The number of anilines is 1. The minimum atomic E-state index is -2.91. The summed E-state index contributed by atoms with van der Waals surface area (Å²) in [5.74, 6) is -0.112. The van der Waals surface area contributed by atoms with Gasteiger partial charge in [0.2, 0.25) is 0 Å².